The Morgan fingerprint density at radius 1 is 0.920 bits per heavy atom. The third-order valence-corrected chi connectivity index (χ3v) is 4.37. The monoisotopic (exact) mass is 392 g/mol. The molecule has 2 nitrogen and oxygen atoms in total. The van der Waals surface area contributed by atoms with E-state index in [0.717, 1.165) is 21.0 Å². The molecule has 3 aromatic carbocycles. The molecule has 0 aromatic heterocycles. The van der Waals surface area contributed by atoms with Gasteiger partial charge in [-0.1, -0.05) is 70.5 Å². The van der Waals surface area contributed by atoms with E-state index in [9.17, 15) is 4.79 Å². The van der Waals surface area contributed by atoms with Crippen molar-refractivity contribution in [3.63, 3.8) is 0 Å². The molecule has 0 N–H and O–H groups in total. The molecule has 3 aromatic rings. The summed E-state index contributed by atoms with van der Waals surface area (Å²) >= 11 is 3.41. The third-order valence-electron chi connectivity index (χ3n) is 3.84. The second kappa shape index (κ2) is 7.95. The zero-order valence-electron chi connectivity index (χ0n) is 13.8. The number of halogens is 1. The van der Waals surface area contributed by atoms with Crippen LogP contribution in [0.15, 0.2) is 82.9 Å². The van der Waals surface area contributed by atoms with Crippen molar-refractivity contribution in [1.29, 1.82) is 0 Å². The number of esters is 1. The fourth-order valence-electron chi connectivity index (χ4n) is 2.53. The lowest BCUT2D eigenvalue weighted by molar-refractivity contribution is -0.135. The van der Waals surface area contributed by atoms with E-state index >= 15 is 0 Å². The standard InChI is InChI=1S/C22H17BrO2/c1-25-22(24)20(11-6-16-8-12-21(23)13-9-16)15-17-7-10-18-4-2-3-5-19(18)14-17/h2-15H,1H3/b11-6+,20-15+. The number of carbonyl (C=O) groups excluding carboxylic acids is 1. The van der Waals surface area contributed by atoms with Gasteiger partial charge in [-0.2, -0.15) is 0 Å². The van der Waals surface area contributed by atoms with Crippen LogP contribution in [0.4, 0.5) is 0 Å². The number of hydrogen-bond acceptors (Lipinski definition) is 2. The Labute approximate surface area is 155 Å². The minimum Gasteiger partial charge on any atom is -0.465 e. The van der Waals surface area contributed by atoms with Crippen molar-refractivity contribution in [3.8, 4) is 0 Å². The molecule has 0 aliphatic carbocycles. The zero-order valence-corrected chi connectivity index (χ0v) is 15.4. The van der Waals surface area contributed by atoms with E-state index < -0.39 is 0 Å². The van der Waals surface area contributed by atoms with Crippen LogP contribution in [-0.2, 0) is 9.53 Å². The Bertz CT molecular complexity index is 953. The molecule has 124 valence electrons. The van der Waals surface area contributed by atoms with E-state index in [2.05, 4.69) is 40.2 Å². The van der Waals surface area contributed by atoms with Crippen molar-refractivity contribution in [2.24, 2.45) is 0 Å². The molecule has 0 heterocycles. The highest BCUT2D eigenvalue weighted by molar-refractivity contribution is 9.10. The Balaban J connectivity index is 1.94. The maximum Gasteiger partial charge on any atom is 0.337 e. The summed E-state index contributed by atoms with van der Waals surface area (Å²) < 4.78 is 5.93. The number of fused-ring (bicyclic) bond motifs is 1. The number of rotatable bonds is 4. The van der Waals surface area contributed by atoms with Crippen LogP contribution in [0.1, 0.15) is 11.1 Å². The highest BCUT2D eigenvalue weighted by Crippen LogP contribution is 2.19. The number of carbonyl (C=O) groups is 1. The van der Waals surface area contributed by atoms with Gasteiger partial charge in [0, 0.05) is 4.47 Å². The van der Waals surface area contributed by atoms with Gasteiger partial charge in [-0.3, -0.25) is 0 Å². The SMILES string of the molecule is COC(=O)C(/C=C/c1ccc(Br)cc1)=C/c1ccc2ccccc2c1. The number of ether oxygens (including phenoxy) is 1. The Morgan fingerprint density at radius 2 is 1.60 bits per heavy atom. The van der Waals surface area contributed by atoms with Gasteiger partial charge in [0.1, 0.15) is 0 Å². The normalized spacial score (nSPS) is 11.8. The summed E-state index contributed by atoms with van der Waals surface area (Å²) in [5.41, 5.74) is 2.47. The fraction of sp³-hybridized carbons (Fsp3) is 0.0455. The summed E-state index contributed by atoms with van der Waals surface area (Å²) in [6, 6.07) is 22.1. The molecule has 0 fully saturated rings. The molecule has 0 bridgehead atoms. The van der Waals surface area contributed by atoms with Crippen LogP contribution in [0.3, 0.4) is 0 Å². The number of benzene rings is 3. The summed E-state index contributed by atoms with van der Waals surface area (Å²) in [4.78, 5) is 12.1. The van der Waals surface area contributed by atoms with Gasteiger partial charge in [0.05, 0.1) is 12.7 Å². The van der Waals surface area contributed by atoms with E-state index in [-0.39, 0.29) is 5.97 Å². The summed E-state index contributed by atoms with van der Waals surface area (Å²) in [7, 11) is 1.39. The molecular weight excluding hydrogens is 376 g/mol. The van der Waals surface area contributed by atoms with E-state index in [1.165, 1.54) is 12.5 Å². The van der Waals surface area contributed by atoms with Gasteiger partial charge in [0.15, 0.2) is 0 Å². The second-order valence-electron chi connectivity index (χ2n) is 5.58. The van der Waals surface area contributed by atoms with Crippen LogP contribution >= 0.6 is 15.9 Å². The first kappa shape index (κ1) is 17.2. The van der Waals surface area contributed by atoms with Crippen LogP contribution in [0, 0.1) is 0 Å². The first-order chi connectivity index (χ1) is 12.2. The molecule has 0 aliphatic rings. The van der Waals surface area contributed by atoms with Gasteiger partial charge in [-0.25, -0.2) is 4.79 Å². The van der Waals surface area contributed by atoms with Crippen molar-refractivity contribution < 1.29 is 9.53 Å². The largest absolute Gasteiger partial charge is 0.465 e. The molecule has 0 atom stereocenters. The highest BCUT2D eigenvalue weighted by atomic mass is 79.9. The second-order valence-corrected chi connectivity index (χ2v) is 6.50. The van der Waals surface area contributed by atoms with Gasteiger partial charge >= 0.3 is 5.97 Å². The maximum atomic E-state index is 12.1. The molecule has 3 rings (SSSR count). The molecular formula is C22H17BrO2. The van der Waals surface area contributed by atoms with Crippen molar-refractivity contribution in [2.45, 2.75) is 0 Å². The lowest BCUT2D eigenvalue weighted by atomic mass is 10.0. The zero-order chi connectivity index (χ0) is 17.6. The minimum atomic E-state index is -0.360. The summed E-state index contributed by atoms with van der Waals surface area (Å²) in [6.07, 6.45) is 5.52. The van der Waals surface area contributed by atoms with E-state index in [1.807, 2.05) is 54.6 Å². The minimum absolute atomic E-state index is 0.360. The molecule has 0 spiro atoms. The molecule has 3 heteroatoms. The van der Waals surface area contributed by atoms with E-state index in [4.69, 9.17) is 4.74 Å². The van der Waals surface area contributed by atoms with Gasteiger partial charge in [-0.05, 0) is 52.3 Å². The topological polar surface area (TPSA) is 26.3 Å². The van der Waals surface area contributed by atoms with Crippen molar-refractivity contribution in [3.05, 3.63) is 94.0 Å². The number of hydrogen-bond donors (Lipinski definition) is 0. The first-order valence-corrected chi connectivity index (χ1v) is 8.67. The average Bonchev–Trinajstić information content (AvgIpc) is 2.65. The van der Waals surface area contributed by atoms with Gasteiger partial charge in [-0.15, -0.1) is 0 Å². The summed E-state index contributed by atoms with van der Waals surface area (Å²) in [5, 5.41) is 2.31. The molecule has 0 aliphatic heterocycles. The average molecular weight is 393 g/mol. The third kappa shape index (κ3) is 4.46. The Hall–Kier alpha value is -2.65. The van der Waals surface area contributed by atoms with Crippen molar-refractivity contribution in [2.75, 3.05) is 7.11 Å². The van der Waals surface area contributed by atoms with Crippen LogP contribution in [0.5, 0.6) is 0 Å². The molecule has 0 saturated carbocycles. The molecule has 0 saturated heterocycles. The lowest BCUT2D eigenvalue weighted by Crippen LogP contribution is -2.02. The first-order valence-electron chi connectivity index (χ1n) is 7.88. The predicted octanol–water partition coefficient (Wildman–Crippen LogP) is 5.87. The summed E-state index contributed by atoms with van der Waals surface area (Å²) in [6.45, 7) is 0. The van der Waals surface area contributed by atoms with Crippen LogP contribution < -0.4 is 0 Å². The van der Waals surface area contributed by atoms with E-state index in [1.54, 1.807) is 6.08 Å². The molecule has 0 unspecified atom stereocenters. The summed E-state index contributed by atoms with van der Waals surface area (Å²) in [5.74, 6) is -0.360. The maximum absolute atomic E-state index is 12.1. The van der Waals surface area contributed by atoms with Crippen LogP contribution in [0.25, 0.3) is 22.9 Å². The van der Waals surface area contributed by atoms with Crippen molar-refractivity contribution >= 4 is 44.8 Å². The smallest absolute Gasteiger partial charge is 0.337 e. The fourth-order valence-corrected chi connectivity index (χ4v) is 2.79. The van der Waals surface area contributed by atoms with Gasteiger partial charge in [0.2, 0.25) is 0 Å². The number of methoxy groups -OCH3 is 1. The predicted molar refractivity (Wildman–Crippen MR) is 107 cm³/mol. The Kier molecular flexibility index (Phi) is 5.46. The Morgan fingerprint density at radius 3 is 2.32 bits per heavy atom. The lowest BCUT2D eigenvalue weighted by Gasteiger charge is -2.03. The quantitative estimate of drug-likeness (QED) is 0.315. The molecule has 25 heavy (non-hydrogen) atoms. The molecule has 0 amide bonds. The van der Waals surface area contributed by atoms with Crippen LogP contribution in [0.2, 0.25) is 0 Å². The van der Waals surface area contributed by atoms with Gasteiger partial charge in [0.25, 0.3) is 0 Å². The highest BCUT2D eigenvalue weighted by Gasteiger charge is 2.06. The van der Waals surface area contributed by atoms with Crippen LogP contribution in [-0.4, -0.2) is 13.1 Å². The van der Waals surface area contributed by atoms with Crippen molar-refractivity contribution in [1.82, 2.24) is 0 Å². The molecule has 0 radical (unpaired) electrons. The van der Waals surface area contributed by atoms with Gasteiger partial charge < -0.3 is 4.74 Å². The van der Waals surface area contributed by atoms with E-state index in [0.29, 0.717) is 5.57 Å².